The number of aliphatic hydroxyl groups is 1. The van der Waals surface area contributed by atoms with Gasteiger partial charge in [-0.25, -0.2) is 0 Å². The third-order valence-corrected chi connectivity index (χ3v) is 4.60. The first kappa shape index (κ1) is 18.8. The van der Waals surface area contributed by atoms with E-state index in [0.717, 1.165) is 12.8 Å². The fraction of sp³-hybridized carbons (Fsp3) is 0.933. The molecule has 0 aromatic heterocycles. The van der Waals surface area contributed by atoms with E-state index in [0.29, 0.717) is 6.42 Å². The summed E-state index contributed by atoms with van der Waals surface area (Å²) < 4.78 is 0. The van der Waals surface area contributed by atoms with E-state index in [1.165, 1.54) is 32.1 Å². The van der Waals surface area contributed by atoms with Gasteiger partial charge in [0.15, 0.2) is 0 Å². The Labute approximate surface area is 122 Å². The van der Waals surface area contributed by atoms with Crippen molar-refractivity contribution in [1.29, 1.82) is 0 Å². The summed E-state index contributed by atoms with van der Waals surface area (Å²) in [5, 5.41) is 12.2. The van der Waals surface area contributed by atoms with Gasteiger partial charge in [0.05, 0.1) is 6.61 Å². The van der Waals surface area contributed by atoms with Crippen LogP contribution in [0.5, 0.6) is 0 Å². The zero-order valence-electron chi connectivity index (χ0n) is 12.8. The quantitative estimate of drug-likeness (QED) is 0.542. The lowest BCUT2D eigenvalue weighted by Gasteiger charge is -2.21. The minimum atomic E-state index is 0.0389. The summed E-state index contributed by atoms with van der Waals surface area (Å²) in [5.41, 5.74) is 0. The number of unbranched alkanes of at least 4 members (excludes halogenated alkanes) is 6. The molecule has 0 aliphatic heterocycles. The van der Waals surface area contributed by atoms with Gasteiger partial charge in [0.2, 0.25) is 5.91 Å². The largest absolute Gasteiger partial charge is 0.395 e. The van der Waals surface area contributed by atoms with Crippen molar-refractivity contribution >= 4 is 17.7 Å². The van der Waals surface area contributed by atoms with Crippen LogP contribution in [0.25, 0.3) is 0 Å². The molecule has 0 aromatic carbocycles. The molecule has 0 saturated heterocycles. The average Bonchev–Trinajstić information content (AvgIpc) is 2.39. The van der Waals surface area contributed by atoms with Crippen LogP contribution in [-0.4, -0.2) is 35.2 Å². The number of hydrogen-bond acceptors (Lipinski definition) is 3. The predicted molar refractivity (Wildman–Crippen MR) is 84.6 cm³/mol. The molecule has 0 aromatic rings. The van der Waals surface area contributed by atoms with Crippen LogP contribution in [-0.2, 0) is 4.79 Å². The number of hydrogen-bond donors (Lipinski definition) is 2. The Morgan fingerprint density at radius 1 is 1.16 bits per heavy atom. The maximum absolute atomic E-state index is 11.7. The highest BCUT2D eigenvalue weighted by molar-refractivity contribution is 7.99. The summed E-state index contributed by atoms with van der Waals surface area (Å²) in [6.07, 6.45) is 11.2. The molecule has 2 unspecified atom stereocenters. The molecule has 0 spiro atoms. The van der Waals surface area contributed by atoms with E-state index >= 15 is 0 Å². The molecule has 19 heavy (non-hydrogen) atoms. The first-order valence-electron chi connectivity index (χ1n) is 7.58. The molecule has 114 valence electrons. The zero-order chi connectivity index (χ0) is 14.5. The maximum atomic E-state index is 11.7. The van der Waals surface area contributed by atoms with Crippen LogP contribution in [0.2, 0.25) is 0 Å². The summed E-state index contributed by atoms with van der Waals surface area (Å²) in [6.45, 7) is 4.29. The highest BCUT2D eigenvalue weighted by atomic mass is 32.2. The van der Waals surface area contributed by atoms with Crippen molar-refractivity contribution < 1.29 is 9.90 Å². The molecule has 0 aliphatic rings. The first-order chi connectivity index (χ1) is 9.15. The van der Waals surface area contributed by atoms with E-state index in [2.05, 4.69) is 12.2 Å². The van der Waals surface area contributed by atoms with Gasteiger partial charge < -0.3 is 10.4 Å². The third-order valence-electron chi connectivity index (χ3n) is 3.44. The first-order valence-corrected chi connectivity index (χ1v) is 8.87. The van der Waals surface area contributed by atoms with Gasteiger partial charge in [0.1, 0.15) is 0 Å². The van der Waals surface area contributed by atoms with Crippen LogP contribution in [0.1, 0.15) is 65.2 Å². The van der Waals surface area contributed by atoms with Crippen LogP contribution in [0, 0.1) is 0 Å². The van der Waals surface area contributed by atoms with E-state index in [1.54, 1.807) is 11.8 Å². The van der Waals surface area contributed by atoms with Gasteiger partial charge in [0, 0.05) is 17.7 Å². The Morgan fingerprint density at radius 2 is 1.74 bits per heavy atom. The number of aliphatic hydroxyl groups excluding tert-OH is 1. The second kappa shape index (κ2) is 12.8. The molecule has 0 saturated carbocycles. The van der Waals surface area contributed by atoms with Gasteiger partial charge in [-0.05, 0) is 19.6 Å². The molecular weight excluding hydrogens is 258 g/mol. The zero-order valence-corrected chi connectivity index (χ0v) is 13.6. The van der Waals surface area contributed by atoms with E-state index < -0.39 is 0 Å². The Hall–Kier alpha value is -0.220. The Morgan fingerprint density at radius 3 is 2.26 bits per heavy atom. The van der Waals surface area contributed by atoms with E-state index in [-0.39, 0.29) is 23.8 Å². The molecule has 0 heterocycles. The standard InChI is InChI=1S/C15H31NO2S/c1-4-5-6-7-8-9-10-11-15(18)16-13(2)14(12-17)19-3/h13-14,17H,4-12H2,1-3H3,(H,16,18). The fourth-order valence-electron chi connectivity index (χ4n) is 2.10. The normalized spacial score (nSPS) is 14.1. The van der Waals surface area contributed by atoms with Crippen molar-refractivity contribution in [2.75, 3.05) is 12.9 Å². The van der Waals surface area contributed by atoms with Crippen LogP contribution < -0.4 is 5.32 Å². The number of thioether (sulfide) groups is 1. The summed E-state index contributed by atoms with van der Waals surface area (Å²) >= 11 is 1.59. The molecule has 4 heteroatoms. The predicted octanol–water partition coefficient (Wildman–Crippen LogP) is 3.36. The van der Waals surface area contributed by atoms with E-state index in [4.69, 9.17) is 5.11 Å². The Bertz CT molecular complexity index is 220. The van der Waals surface area contributed by atoms with Crippen molar-refractivity contribution in [3.05, 3.63) is 0 Å². The lowest BCUT2D eigenvalue weighted by Crippen LogP contribution is -2.41. The SMILES string of the molecule is CCCCCCCCCC(=O)NC(C)C(CO)SC. The topological polar surface area (TPSA) is 49.3 Å². The van der Waals surface area contributed by atoms with Gasteiger partial charge in [-0.15, -0.1) is 0 Å². The lowest BCUT2D eigenvalue weighted by atomic mass is 10.1. The summed E-state index contributed by atoms with van der Waals surface area (Å²) in [7, 11) is 0. The van der Waals surface area contributed by atoms with Crippen LogP contribution >= 0.6 is 11.8 Å². The van der Waals surface area contributed by atoms with E-state index in [9.17, 15) is 4.79 Å². The number of carbonyl (C=O) groups is 1. The van der Waals surface area contributed by atoms with Crippen molar-refractivity contribution in [2.45, 2.75) is 76.5 Å². The molecular formula is C15H31NO2S. The van der Waals surface area contributed by atoms with Crippen LogP contribution in [0.3, 0.4) is 0 Å². The van der Waals surface area contributed by atoms with Gasteiger partial charge in [-0.1, -0.05) is 45.4 Å². The summed E-state index contributed by atoms with van der Waals surface area (Å²) in [6, 6.07) is 0.0389. The Balaban J connectivity index is 3.53. The minimum absolute atomic E-state index is 0.0389. The highest BCUT2D eigenvalue weighted by Crippen LogP contribution is 2.11. The van der Waals surface area contributed by atoms with Gasteiger partial charge >= 0.3 is 0 Å². The lowest BCUT2D eigenvalue weighted by molar-refractivity contribution is -0.121. The minimum Gasteiger partial charge on any atom is -0.395 e. The average molecular weight is 289 g/mol. The molecule has 0 aliphatic carbocycles. The molecule has 3 nitrogen and oxygen atoms in total. The number of carbonyl (C=O) groups excluding carboxylic acids is 1. The molecule has 0 rings (SSSR count). The number of nitrogens with one attached hydrogen (secondary N) is 1. The fourth-order valence-corrected chi connectivity index (χ4v) is 2.72. The van der Waals surface area contributed by atoms with E-state index in [1.807, 2.05) is 13.2 Å². The second-order valence-corrected chi connectivity index (χ2v) is 6.26. The monoisotopic (exact) mass is 289 g/mol. The van der Waals surface area contributed by atoms with Crippen molar-refractivity contribution in [3.63, 3.8) is 0 Å². The molecule has 0 bridgehead atoms. The molecule has 2 atom stereocenters. The maximum Gasteiger partial charge on any atom is 0.220 e. The second-order valence-electron chi connectivity index (χ2n) is 5.18. The number of amides is 1. The highest BCUT2D eigenvalue weighted by Gasteiger charge is 2.16. The molecule has 0 fully saturated rings. The van der Waals surface area contributed by atoms with Gasteiger partial charge in [-0.2, -0.15) is 11.8 Å². The molecule has 2 N–H and O–H groups in total. The Kier molecular flexibility index (Phi) is 12.6. The van der Waals surface area contributed by atoms with Gasteiger partial charge in [-0.3, -0.25) is 4.79 Å². The number of rotatable bonds is 12. The summed E-state index contributed by atoms with van der Waals surface area (Å²) in [4.78, 5) is 11.7. The van der Waals surface area contributed by atoms with Crippen molar-refractivity contribution in [2.24, 2.45) is 0 Å². The van der Waals surface area contributed by atoms with Crippen molar-refractivity contribution in [1.82, 2.24) is 5.32 Å². The summed E-state index contributed by atoms with van der Waals surface area (Å²) in [5.74, 6) is 0.119. The van der Waals surface area contributed by atoms with Crippen LogP contribution in [0.15, 0.2) is 0 Å². The van der Waals surface area contributed by atoms with Crippen LogP contribution in [0.4, 0.5) is 0 Å². The molecule has 1 amide bonds. The third kappa shape index (κ3) is 10.3. The van der Waals surface area contributed by atoms with Gasteiger partial charge in [0.25, 0.3) is 0 Å². The van der Waals surface area contributed by atoms with Crippen molar-refractivity contribution in [3.8, 4) is 0 Å². The smallest absolute Gasteiger partial charge is 0.220 e. The molecule has 0 radical (unpaired) electrons.